The Hall–Kier alpha value is -2.77. The summed E-state index contributed by atoms with van der Waals surface area (Å²) in [4.78, 5) is 3.78. The first-order valence-corrected chi connectivity index (χ1v) is 19.3. The Kier molecular flexibility index (Phi) is 9.38. The first-order valence-electron chi connectivity index (χ1n) is 17.2. The minimum absolute atomic E-state index is 0.0396. The summed E-state index contributed by atoms with van der Waals surface area (Å²) < 4.78 is 40.9. The molecule has 6 rings (SSSR count). The van der Waals surface area contributed by atoms with Crippen molar-refractivity contribution in [3.8, 4) is 28.0 Å². The fourth-order valence-electron chi connectivity index (χ4n) is 9.31. The third-order valence-corrected chi connectivity index (χ3v) is 11.8. The molecule has 0 aromatic heterocycles. The molecular weight excluding hydrogens is 644 g/mol. The molecule has 0 heterocycles. The van der Waals surface area contributed by atoms with E-state index in [9.17, 15) is 18.3 Å². The summed E-state index contributed by atoms with van der Waals surface area (Å²) >= 11 is 1.64. The van der Waals surface area contributed by atoms with Gasteiger partial charge in [0, 0.05) is 39.4 Å². The molecule has 1 fully saturated rings. The number of nitrogens with zero attached hydrogens (tertiary/aromatic N) is 1. The van der Waals surface area contributed by atoms with Crippen LogP contribution in [0, 0.1) is 10.8 Å². The topological polar surface area (TPSA) is 23.5 Å². The quantitative estimate of drug-likeness (QED) is 0.177. The van der Waals surface area contributed by atoms with Gasteiger partial charge >= 0.3 is 5.51 Å². The van der Waals surface area contributed by atoms with Crippen LogP contribution in [0.25, 0.3) is 33.0 Å². The molecule has 2 aliphatic carbocycles. The van der Waals surface area contributed by atoms with E-state index in [1.165, 1.54) is 5.69 Å². The smallest absolute Gasteiger partial charge is 0.446 e. The van der Waals surface area contributed by atoms with Crippen molar-refractivity contribution in [2.24, 2.45) is 10.8 Å². The molecule has 0 atom stereocenters. The van der Waals surface area contributed by atoms with Gasteiger partial charge in [0.05, 0.1) is 0 Å². The highest BCUT2D eigenvalue weighted by atomic mass is 32.2. The van der Waals surface area contributed by atoms with Gasteiger partial charge in [-0.05, 0) is 142 Å². The van der Waals surface area contributed by atoms with Gasteiger partial charge in [0.25, 0.3) is 0 Å². The lowest BCUT2D eigenvalue weighted by molar-refractivity contribution is -0.0328. The first-order chi connectivity index (χ1) is 22.6. The van der Waals surface area contributed by atoms with Crippen molar-refractivity contribution in [2.75, 3.05) is 24.2 Å². The van der Waals surface area contributed by atoms with Crippen molar-refractivity contribution in [1.82, 2.24) is 0 Å². The zero-order valence-corrected chi connectivity index (χ0v) is 30.9. The second kappa shape index (κ2) is 12.8. The van der Waals surface area contributed by atoms with Crippen molar-refractivity contribution in [3.63, 3.8) is 0 Å². The van der Waals surface area contributed by atoms with Crippen LogP contribution in [0.5, 0.6) is 5.75 Å². The minimum atomic E-state index is -4.37. The Morgan fingerprint density at radius 2 is 1.46 bits per heavy atom. The Labute approximate surface area is 292 Å². The third-order valence-electron chi connectivity index (χ3n) is 10.3. The first kappa shape index (κ1) is 35.1. The number of thioether (sulfide) groups is 2. The Morgan fingerprint density at radius 1 is 0.771 bits per heavy atom. The lowest BCUT2D eigenvalue weighted by Crippen LogP contribution is -2.43. The van der Waals surface area contributed by atoms with E-state index in [0.29, 0.717) is 0 Å². The maximum atomic E-state index is 13.6. The van der Waals surface area contributed by atoms with Gasteiger partial charge in [0.15, 0.2) is 0 Å². The molecule has 0 aliphatic heterocycles. The van der Waals surface area contributed by atoms with E-state index in [1.807, 2.05) is 12.1 Å². The van der Waals surface area contributed by atoms with Gasteiger partial charge in [0.1, 0.15) is 5.75 Å². The van der Waals surface area contributed by atoms with Crippen molar-refractivity contribution in [3.05, 3.63) is 71.8 Å². The fraction of sp³-hybridized carbons (Fsp3) is 0.463. The summed E-state index contributed by atoms with van der Waals surface area (Å²) in [7, 11) is 0. The van der Waals surface area contributed by atoms with E-state index in [4.69, 9.17) is 0 Å². The standard InChI is InChI=1S/C41H48F3NOS2/c1-8-10-18-45(17-9-2)27-13-11-26(12-14-27)30-20-31-32(21-36(30)47-7)37-29-16-15-28(48-41(42,43)44)19-33(29)40(34(37)22-35(31)46)24-38(3,4)23-39(5,6)25-40/h11-16,19-22,46H,8-10,17-18,23-25H2,1-7H3. The zero-order chi connectivity index (χ0) is 34.6. The monoisotopic (exact) mass is 691 g/mol. The van der Waals surface area contributed by atoms with Crippen molar-refractivity contribution in [1.29, 1.82) is 0 Å². The number of phenols is 1. The molecule has 2 nitrogen and oxygen atoms in total. The Balaban J connectivity index is 1.54. The molecule has 0 saturated heterocycles. The molecule has 0 radical (unpaired) electrons. The van der Waals surface area contributed by atoms with Gasteiger partial charge in [-0.3, -0.25) is 0 Å². The molecule has 1 N–H and O–H groups in total. The van der Waals surface area contributed by atoms with Crippen molar-refractivity contribution in [2.45, 2.75) is 101 Å². The number of halogens is 3. The van der Waals surface area contributed by atoms with Crippen LogP contribution in [-0.2, 0) is 5.41 Å². The number of benzene rings is 4. The van der Waals surface area contributed by atoms with Gasteiger partial charge in [0.2, 0.25) is 0 Å². The van der Waals surface area contributed by atoms with Gasteiger partial charge in [-0.2, -0.15) is 13.2 Å². The van der Waals surface area contributed by atoms with Crippen LogP contribution in [0.3, 0.4) is 0 Å². The highest BCUT2D eigenvalue weighted by Gasteiger charge is 2.54. The van der Waals surface area contributed by atoms with Crippen LogP contribution in [0.2, 0.25) is 0 Å². The molecular formula is C41H48F3NOS2. The summed E-state index contributed by atoms with van der Waals surface area (Å²) in [5.41, 5.74) is 2.49. The van der Waals surface area contributed by atoms with Gasteiger partial charge < -0.3 is 10.0 Å². The second-order valence-electron chi connectivity index (χ2n) is 15.5. The maximum absolute atomic E-state index is 13.6. The molecule has 0 unspecified atom stereocenters. The molecule has 2 aliphatic rings. The number of fused-ring (bicyclic) bond motifs is 7. The average Bonchev–Trinajstić information content (AvgIpc) is 3.23. The fourth-order valence-corrected chi connectivity index (χ4v) is 10.5. The zero-order valence-electron chi connectivity index (χ0n) is 29.3. The maximum Gasteiger partial charge on any atom is 0.446 e. The minimum Gasteiger partial charge on any atom is -0.507 e. The average molecular weight is 692 g/mol. The number of hydrogen-bond donors (Lipinski definition) is 1. The molecule has 4 aromatic rings. The largest absolute Gasteiger partial charge is 0.507 e. The number of hydrogen-bond acceptors (Lipinski definition) is 4. The van der Waals surface area contributed by atoms with Gasteiger partial charge in [-0.25, -0.2) is 0 Å². The molecule has 4 aromatic carbocycles. The van der Waals surface area contributed by atoms with E-state index in [1.54, 1.807) is 23.9 Å². The van der Waals surface area contributed by atoms with E-state index < -0.39 is 10.9 Å². The number of alkyl halides is 3. The van der Waals surface area contributed by atoms with Crippen LogP contribution in [0.15, 0.2) is 70.5 Å². The van der Waals surface area contributed by atoms with Crippen molar-refractivity contribution < 1.29 is 18.3 Å². The lowest BCUT2D eigenvalue weighted by atomic mass is 9.52. The third kappa shape index (κ3) is 6.58. The molecule has 0 amide bonds. The molecule has 1 saturated carbocycles. The van der Waals surface area contributed by atoms with Crippen LogP contribution < -0.4 is 4.90 Å². The molecule has 0 bridgehead atoms. The highest BCUT2D eigenvalue weighted by Crippen LogP contribution is 2.65. The number of rotatable bonds is 9. The van der Waals surface area contributed by atoms with Crippen molar-refractivity contribution >= 4 is 40.0 Å². The number of unbranched alkanes of at least 4 members (excludes halogenated alkanes) is 1. The summed E-state index contributed by atoms with van der Waals surface area (Å²) in [6.07, 6.45) is 8.14. The van der Waals surface area contributed by atoms with Crippen LogP contribution in [0.1, 0.15) is 91.2 Å². The highest BCUT2D eigenvalue weighted by molar-refractivity contribution is 8.00. The molecule has 256 valence electrons. The number of aromatic hydroxyl groups is 1. The Morgan fingerprint density at radius 3 is 2.06 bits per heavy atom. The van der Waals surface area contributed by atoms with E-state index in [-0.39, 0.29) is 33.2 Å². The number of anilines is 1. The van der Waals surface area contributed by atoms with E-state index >= 15 is 0 Å². The molecule has 7 heteroatoms. The van der Waals surface area contributed by atoms with Crippen LogP contribution >= 0.6 is 23.5 Å². The predicted octanol–water partition coefficient (Wildman–Crippen LogP) is 13.1. The molecule has 48 heavy (non-hydrogen) atoms. The summed E-state index contributed by atoms with van der Waals surface area (Å²) in [5, 5.41) is 13.6. The summed E-state index contributed by atoms with van der Waals surface area (Å²) in [5.74, 6) is 0.223. The number of phenolic OH excluding ortho intramolecular Hbond substituents is 1. The van der Waals surface area contributed by atoms with Gasteiger partial charge in [-0.1, -0.05) is 66.2 Å². The van der Waals surface area contributed by atoms with E-state index in [0.717, 1.165) is 101 Å². The second-order valence-corrected chi connectivity index (χ2v) is 17.5. The summed E-state index contributed by atoms with van der Waals surface area (Å²) in [6, 6.07) is 20.3. The predicted molar refractivity (Wildman–Crippen MR) is 200 cm³/mol. The van der Waals surface area contributed by atoms with Crippen LogP contribution in [-0.4, -0.2) is 30.0 Å². The normalized spacial score (nSPS) is 17.5. The van der Waals surface area contributed by atoms with Gasteiger partial charge in [-0.15, -0.1) is 11.8 Å². The lowest BCUT2D eigenvalue weighted by Gasteiger charge is -2.51. The molecule has 1 spiro atoms. The SMILES string of the molecule is CCCCN(CCC)c1ccc(-c2cc3c(O)cc4c(c3cc2SC)-c2ccc(SC(F)(F)F)cc2C42CC(C)(C)CC(C)(C)C2)cc1. The Bertz CT molecular complexity index is 1810. The summed E-state index contributed by atoms with van der Waals surface area (Å²) in [6.45, 7) is 15.6. The van der Waals surface area contributed by atoms with E-state index in [2.05, 4.69) is 89.1 Å². The van der Waals surface area contributed by atoms with Crippen LogP contribution in [0.4, 0.5) is 18.9 Å².